The van der Waals surface area contributed by atoms with Crippen LogP contribution < -0.4 is 0 Å². The number of nitrogens with zero attached hydrogens (tertiary/aromatic N) is 1. The molecule has 2 heterocycles. The second-order valence-corrected chi connectivity index (χ2v) is 6.66. The van der Waals surface area contributed by atoms with Gasteiger partial charge < -0.3 is 4.98 Å². The summed E-state index contributed by atoms with van der Waals surface area (Å²) in [5, 5.41) is 2.44. The van der Waals surface area contributed by atoms with Crippen molar-refractivity contribution in [2.45, 2.75) is 6.92 Å². The number of nitrogens with one attached hydrogen (secondary N) is 1. The minimum Gasteiger partial charge on any atom is -0.361 e. The maximum atomic E-state index is 4.67. The number of hydrogen-bond donors (Lipinski definition) is 1. The Kier molecular flexibility index (Phi) is 3.36. The zero-order valence-corrected chi connectivity index (χ0v) is 14.5. The molecule has 0 saturated heterocycles. The standard InChI is InChI=1S/C24H18N2/c1-16-13-21(19-9-3-5-12-24(19)26-16)17-7-6-8-18(14-17)22-15-25-23-11-4-2-10-20(22)23/h2-15,25H,1H3. The first-order chi connectivity index (χ1) is 12.8. The van der Waals surface area contributed by atoms with Crippen molar-refractivity contribution >= 4 is 21.8 Å². The fraction of sp³-hybridized carbons (Fsp3) is 0.0417. The van der Waals surface area contributed by atoms with Gasteiger partial charge in [0.1, 0.15) is 0 Å². The van der Waals surface area contributed by atoms with Gasteiger partial charge in [-0.25, -0.2) is 0 Å². The van der Waals surface area contributed by atoms with E-state index in [1.807, 2.05) is 6.07 Å². The van der Waals surface area contributed by atoms with E-state index in [2.05, 4.69) is 95.9 Å². The van der Waals surface area contributed by atoms with Crippen molar-refractivity contribution in [3.05, 3.63) is 90.8 Å². The van der Waals surface area contributed by atoms with Gasteiger partial charge in [-0.15, -0.1) is 0 Å². The van der Waals surface area contributed by atoms with Gasteiger partial charge in [-0.05, 0) is 47.9 Å². The summed E-state index contributed by atoms with van der Waals surface area (Å²) in [5.74, 6) is 0. The van der Waals surface area contributed by atoms with Gasteiger partial charge in [-0.1, -0.05) is 54.6 Å². The Labute approximate surface area is 152 Å². The van der Waals surface area contributed by atoms with E-state index in [1.54, 1.807) is 0 Å². The SMILES string of the molecule is Cc1cc(-c2cccc(-c3c[nH]c4ccccc34)c2)c2ccccc2n1. The van der Waals surface area contributed by atoms with Crippen LogP contribution >= 0.6 is 0 Å². The van der Waals surface area contributed by atoms with E-state index in [0.29, 0.717) is 0 Å². The molecule has 0 aliphatic carbocycles. The zero-order valence-electron chi connectivity index (χ0n) is 14.5. The fourth-order valence-electron chi connectivity index (χ4n) is 3.71. The molecule has 0 radical (unpaired) electrons. The molecular weight excluding hydrogens is 316 g/mol. The quantitative estimate of drug-likeness (QED) is 0.400. The van der Waals surface area contributed by atoms with Crippen LogP contribution in [0, 0.1) is 6.92 Å². The monoisotopic (exact) mass is 334 g/mol. The third-order valence-corrected chi connectivity index (χ3v) is 4.92. The summed E-state index contributed by atoms with van der Waals surface area (Å²) in [7, 11) is 0. The average molecular weight is 334 g/mol. The molecule has 0 bridgehead atoms. The molecule has 3 aromatic carbocycles. The molecule has 0 atom stereocenters. The Morgan fingerprint density at radius 1 is 0.692 bits per heavy atom. The molecular formula is C24H18N2. The minimum atomic E-state index is 1.04. The number of aromatic nitrogens is 2. The van der Waals surface area contributed by atoms with Crippen LogP contribution in [0.2, 0.25) is 0 Å². The van der Waals surface area contributed by atoms with E-state index in [-0.39, 0.29) is 0 Å². The van der Waals surface area contributed by atoms with E-state index in [9.17, 15) is 0 Å². The lowest BCUT2D eigenvalue weighted by molar-refractivity contribution is 1.26. The van der Waals surface area contributed by atoms with Crippen molar-refractivity contribution in [2.75, 3.05) is 0 Å². The highest BCUT2D eigenvalue weighted by Crippen LogP contribution is 2.34. The lowest BCUT2D eigenvalue weighted by atomic mass is 9.96. The summed E-state index contributed by atoms with van der Waals surface area (Å²) in [5.41, 5.74) is 8.15. The number of fused-ring (bicyclic) bond motifs is 2. The van der Waals surface area contributed by atoms with Gasteiger partial charge in [0, 0.05) is 33.7 Å². The number of hydrogen-bond acceptors (Lipinski definition) is 1. The molecule has 2 heteroatoms. The van der Waals surface area contributed by atoms with Gasteiger partial charge in [0.2, 0.25) is 0 Å². The summed E-state index contributed by atoms with van der Waals surface area (Å²) in [6.45, 7) is 2.06. The van der Waals surface area contributed by atoms with E-state index in [0.717, 1.165) is 16.7 Å². The summed E-state index contributed by atoms with van der Waals surface area (Å²) >= 11 is 0. The van der Waals surface area contributed by atoms with Crippen molar-refractivity contribution in [3.63, 3.8) is 0 Å². The smallest absolute Gasteiger partial charge is 0.0711 e. The number of H-pyrrole nitrogens is 1. The molecule has 0 aliphatic rings. The van der Waals surface area contributed by atoms with Crippen molar-refractivity contribution in [1.82, 2.24) is 9.97 Å². The van der Waals surface area contributed by atoms with E-state index in [1.165, 1.54) is 33.0 Å². The maximum Gasteiger partial charge on any atom is 0.0711 e. The Morgan fingerprint density at radius 2 is 1.42 bits per heavy atom. The largest absolute Gasteiger partial charge is 0.361 e. The molecule has 1 N–H and O–H groups in total. The lowest BCUT2D eigenvalue weighted by Gasteiger charge is -2.10. The number of aryl methyl sites for hydroxylation is 1. The third kappa shape index (κ3) is 2.39. The van der Waals surface area contributed by atoms with Crippen LogP contribution in [-0.4, -0.2) is 9.97 Å². The first kappa shape index (κ1) is 14.9. The molecule has 0 unspecified atom stereocenters. The summed E-state index contributed by atoms with van der Waals surface area (Å²) in [6.07, 6.45) is 2.10. The lowest BCUT2D eigenvalue weighted by Crippen LogP contribution is -1.88. The molecule has 0 spiro atoms. The molecule has 2 aromatic heterocycles. The van der Waals surface area contributed by atoms with Crippen LogP contribution in [0.4, 0.5) is 0 Å². The molecule has 2 nitrogen and oxygen atoms in total. The summed E-state index contributed by atoms with van der Waals surface area (Å²) in [6, 6.07) is 27.7. The van der Waals surface area contributed by atoms with E-state index in [4.69, 9.17) is 0 Å². The van der Waals surface area contributed by atoms with Crippen LogP contribution in [0.1, 0.15) is 5.69 Å². The van der Waals surface area contributed by atoms with Crippen LogP contribution in [0.3, 0.4) is 0 Å². The van der Waals surface area contributed by atoms with E-state index < -0.39 is 0 Å². The second-order valence-electron chi connectivity index (χ2n) is 6.66. The fourth-order valence-corrected chi connectivity index (χ4v) is 3.71. The number of aromatic amines is 1. The number of rotatable bonds is 2. The van der Waals surface area contributed by atoms with Crippen molar-refractivity contribution in [1.29, 1.82) is 0 Å². The summed E-state index contributed by atoms with van der Waals surface area (Å²) in [4.78, 5) is 8.04. The molecule has 5 rings (SSSR count). The second kappa shape index (κ2) is 5.85. The van der Waals surface area contributed by atoms with Gasteiger partial charge in [0.25, 0.3) is 0 Å². The minimum absolute atomic E-state index is 1.04. The molecule has 5 aromatic rings. The highest BCUT2D eigenvalue weighted by atomic mass is 14.7. The van der Waals surface area contributed by atoms with Gasteiger partial charge in [0.15, 0.2) is 0 Å². The van der Waals surface area contributed by atoms with Gasteiger partial charge in [-0.2, -0.15) is 0 Å². The summed E-state index contributed by atoms with van der Waals surface area (Å²) < 4.78 is 0. The van der Waals surface area contributed by atoms with Crippen LogP contribution in [0.25, 0.3) is 44.1 Å². The van der Waals surface area contributed by atoms with Gasteiger partial charge in [-0.3, -0.25) is 4.98 Å². The highest BCUT2D eigenvalue weighted by Gasteiger charge is 2.10. The Hall–Kier alpha value is -3.39. The van der Waals surface area contributed by atoms with Crippen molar-refractivity contribution in [3.8, 4) is 22.3 Å². The Bertz CT molecular complexity index is 1250. The number of para-hydroxylation sites is 2. The maximum absolute atomic E-state index is 4.67. The van der Waals surface area contributed by atoms with Crippen molar-refractivity contribution < 1.29 is 0 Å². The third-order valence-electron chi connectivity index (χ3n) is 4.92. The number of pyridine rings is 1. The molecule has 26 heavy (non-hydrogen) atoms. The first-order valence-corrected chi connectivity index (χ1v) is 8.83. The van der Waals surface area contributed by atoms with Crippen molar-refractivity contribution in [2.24, 2.45) is 0 Å². The molecule has 124 valence electrons. The topological polar surface area (TPSA) is 28.7 Å². The average Bonchev–Trinajstić information content (AvgIpc) is 3.11. The van der Waals surface area contributed by atoms with Crippen LogP contribution in [0.5, 0.6) is 0 Å². The molecule has 0 fully saturated rings. The first-order valence-electron chi connectivity index (χ1n) is 8.83. The van der Waals surface area contributed by atoms with E-state index >= 15 is 0 Å². The normalized spacial score (nSPS) is 11.3. The molecule has 0 amide bonds. The predicted molar refractivity (Wildman–Crippen MR) is 109 cm³/mol. The van der Waals surface area contributed by atoms with Gasteiger partial charge >= 0.3 is 0 Å². The van der Waals surface area contributed by atoms with Crippen LogP contribution in [0.15, 0.2) is 85.1 Å². The van der Waals surface area contributed by atoms with Crippen LogP contribution in [-0.2, 0) is 0 Å². The molecule has 0 saturated carbocycles. The predicted octanol–water partition coefficient (Wildman–Crippen LogP) is 6.36. The number of benzene rings is 3. The highest BCUT2D eigenvalue weighted by molar-refractivity contribution is 5.98. The molecule has 0 aliphatic heterocycles. The Balaban J connectivity index is 1.72. The Morgan fingerprint density at radius 3 is 2.31 bits per heavy atom. The van der Waals surface area contributed by atoms with Gasteiger partial charge in [0.05, 0.1) is 5.52 Å². The zero-order chi connectivity index (χ0) is 17.5.